The van der Waals surface area contributed by atoms with Gasteiger partial charge in [0.25, 0.3) is 0 Å². The molecular weight excluding hydrogens is 220 g/mol. The molecule has 0 bridgehead atoms. The predicted molar refractivity (Wildman–Crippen MR) is 79.8 cm³/mol. The van der Waals surface area contributed by atoms with Crippen molar-refractivity contribution in [2.24, 2.45) is 5.92 Å². The van der Waals surface area contributed by atoms with E-state index >= 15 is 0 Å². The lowest BCUT2D eigenvalue weighted by atomic mass is 9.90. The number of hydrogen-bond acceptors (Lipinski definition) is 2. The van der Waals surface area contributed by atoms with Gasteiger partial charge in [-0.05, 0) is 38.5 Å². The van der Waals surface area contributed by atoms with Crippen molar-refractivity contribution in [3.05, 3.63) is 35.9 Å². The Balaban J connectivity index is 2.96. The molecule has 0 aliphatic carbocycles. The third-order valence-electron chi connectivity index (χ3n) is 3.39. The summed E-state index contributed by atoms with van der Waals surface area (Å²) in [6, 6.07) is 11.7. The van der Waals surface area contributed by atoms with Gasteiger partial charge < -0.3 is 10.2 Å². The summed E-state index contributed by atoms with van der Waals surface area (Å²) in [5, 5.41) is 3.71. The largest absolute Gasteiger partial charge is 0.309 e. The maximum Gasteiger partial charge on any atom is 0.0480 e. The van der Waals surface area contributed by atoms with Crippen LogP contribution in [0.15, 0.2) is 30.3 Å². The van der Waals surface area contributed by atoms with Crippen LogP contribution in [0.5, 0.6) is 0 Å². The number of benzene rings is 1. The van der Waals surface area contributed by atoms with E-state index in [2.05, 4.69) is 75.4 Å². The lowest BCUT2D eigenvalue weighted by molar-refractivity contribution is 0.176. The van der Waals surface area contributed by atoms with Crippen molar-refractivity contribution in [1.82, 2.24) is 10.2 Å². The zero-order valence-electron chi connectivity index (χ0n) is 12.5. The second kappa shape index (κ2) is 7.55. The Hall–Kier alpha value is -0.860. The third kappa shape index (κ3) is 4.11. The van der Waals surface area contributed by atoms with Crippen molar-refractivity contribution in [3.8, 4) is 0 Å². The van der Waals surface area contributed by atoms with Gasteiger partial charge in [-0.2, -0.15) is 0 Å². The molecule has 2 heteroatoms. The highest BCUT2D eigenvalue weighted by Gasteiger charge is 2.26. The highest BCUT2D eigenvalue weighted by molar-refractivity contribution is 5.21. The Morgan fingerprint density at radius 1 is 1.11 bits per heavy atom. The number of nitrogens with zero attached hydrogens (tertiary/aromatic N) is 1. The summed E-state index contributed by atoms with van der Waals surface area (Å²) in [5.74, 6) is 0.620. The lowest BCUT2D eigenvalue weighted by Gasteiger charge is -2.36. The Kier molecular flexibility index (Phi) is 6.37. The van der Waals surface area contributed by atoms with Crippen molar-refractivity contribution < 1.29 is 0 Å². The summed E-state index contributed by atoms with van der Waals surface area (Å²) in [7, 11) is 4.35. The molecule has 2 nitrogen and oxygen atoms in total. The fourth-order valence-corrected chi connectivity index (χ4v) is 2.68. The van der Waals surface area contributed by atoms with Crippen molar-refractivity contribution in [2.75, 3.05) is 20.6 Å². The van der Waals surface area contributed by atoms with E-state index in [1.165, 1.54) is 12.0 Å². The van der Waals surface area contributed by atoms with Gasteiger partial charge in [0.1, 0.15) is 0 Å². The highest BCUT2D eigenvalue weighted by atomic mass is 15.1. The SMILES string of the molecule is CCCNC(c1ccccc1)C(C(C)C)N(C)C. The van der Waals surface area contributed by atoms with Crippen LogP contribution in [-0.4, -0.2) is 31.6 Å². The number of hydrogen-bond donors (Lipinski definition) is 1. The van der Waals surface area contributed by atoms with E-state index in [-0.39, 0.29) is 0 Å². The fraction of sp³-hybridized carbons (Fsp3) is 0.625. The van der Waals surface area contributed by atoms with E-state index in [0.29, 0.717) is 18.0 Å². The predicted octanol–water partition coefficient (Wildman–Crippen LogP) is 3.31. The molecule has 0 fully saturated rings. The first-order chi connectivity index (χ1) is 8.57. The Bertz CT molecular complexity index is 311. The van der Waals surface area contributed by atoms with E-state index < -0.39 is 0 Å². The molecule has 2 unspecified atom stereocenters. The lowest BCUT2D eigenvalue weighted by Crippen LogP contribution is -2.44. The molecule has 102 valence electrons. The van der Waals surface area contributed by atoms with Gasteiger partial charge in [0.05, 0.1) is 0 Å². The highest BCUT2D eigenvalue weighted by Crippen LogP contribution is 2.25. The van der Waals surface area contributed by atoms with Crippen molar-refractivity contribution in [1.29, 1.82) is 0 Å². The second-order valence-electron chi connectivity index (χ2n) is 5.54. The number of rotatable bonds is 7. The molecule has 0 saturated carbocycles. The molecule has 1 aromatic rings. The van der Waals surface area contributed by atoms with Gasteiger partial charge in [0.2, 0.25) is 0 Å². The van der Waals surface area contributed by atoms with E-state index in [0.717, 1.165) is 6.54 Å². The zero-order chi connectivity index (χ0) is 13.5. The zero-order valence-corrected chi connectivity index (χ0v) is 12.5. The quantitative estimate of drug-likeness (QED) is 0.796. The maximum atomic E-state index is 3.71. The van der Waals surface area contributed by atoms with Gasteiger partial charge in [-0.25, -0.2) is 0 Å². The van der Waals surface area contributed by atoms with Crippen LogP contribution in [0.25, 0.3) is 0 Å². The molecule has 1 aromatic carbocycles. The molecule has 0 saturated heterocycles. The molecule has 0 aromatic heterocycles. The molecule has 18 heavy (non-hydrogen) atoms. The minimum atomic E-state index is 0.404. The van der Waals surface area contributed by atoms with E-state index in [1.54, 1.807) is 0 Å². The molecule has 0 aliphatic rings. The Morgan fingerprint density at radius 2 is 1.72 bits per heavy atom. The number of nitrogens with one attached hydrogen (secondary N) is 1. The first-order valence-corrected chi connectivity index (χ1v) is 7.02. The summed E-state index contributed by atoms with van der Waals surface area (Å²) in [4.78, 5) is 2.34. The van der Waals surface area contributed by atoms with Crippen molar-refractivity contribution >= 4 is 0 Å². The van der Waals surface area contributed by atoms with Crippen LogP contribution < -0.4 is 5.32 Å². The summed E-state index contributed by atoms with van der Waals surface area (Å²) < 4.78 is 0. The molecule has 1 N–H and O–H groups in total. The van der Waals surface area contributed by atoms with Crippen LogP contribution in [-0.2, 0) is 0 Å². The molecule has 1 rings (SSSR count). The van der Waals surface area contributed by atoms with Gasteiger partial charge in [-0.3, -0.25) is 0 Å². The molecular formula is C16H28N2. The normalized spacial score (nSPS) is 15.1. The van der Waals surface area contributed by atoms with Gasteiger partial charge in [-0.1, -0.05) is 51.1 Å². The first-order valence-electron chi connectivity index (χ1n) is 7.02. The molecule has 0 spiro atoms. The second-order valence-corrected chi connectivity index (χ2v) is 5.54. The van der Waals surface area contributed by atoms with E-state index in [9.17, 15) is 0 Å². The molecule has 0 aliphatic heterocycles. The van der Waals surface area contributed by atoms with Gasteiger partial charge in [0, 0.05) is 12.1 Å². The van der Waals surface area contributed by atoms with E-state index in [4.69, 9.17) is 0 Å². The summed E-state index contributed by atoms with van der Waals surface area (Å²) >= 11 is 0. The molecule has 0 heterocycles. The van der Waals surface area contributed by atoms with E-state index in [1.807, 2.05) is 0 Å². The van der Waals surface area contributed by atoms with Crippen LogP contribution >= 0.6 is 0 Å². The third-order valence-corrected chi connectivity index (χ3v) is 3.39. The first kappa shape index (κ1) is 15.2. The summed E-state index contributed by atoms with van der Waals surface area (Å²) in [5.41, 5.74) is 1.39. The monoisotopic (exact) mass is 248 g/mol. The van der Waals surface area contributed by atoms with Crippen molar-refractivity contribution in [2.45, 2.75) is 39.3 Å². The van der Waals surface area contributed by atoms with Crippen LogP contribution in [0, 0.1) is 5.92 Å². The van der Waals surface area contributed by atoms with Crippen LogP contribution in [0.1, 0.15) is 38.8 Å². The van der Waals surface area contributed by atoms with Crippen LogP contribution in [0.3, 0.4) is 0 Å². The van der Waals surface area contributed by atoms with Crippen LogP contribution in [0.4, 0.5) is 0 Å². The molecule has 0 amide bonds. The summed E-state index contributed by atoms with van der Waals surface area (Å²) in [6.07, 6.45) is 1.17. The minimum absolute atomic E-state index is 0.404. The van der Waals surface area contributed by atoms with Gasteiger partial charge >= 0.3 is 0 Å². The molecule has 0 radical (unpaired) electrons. The van der Waals surface area contributed by atoms with Crippen LogP contribution in [0.2, 0.25) is 0 Å². The van der Waals surface area contributed by atoms with Gasteiger partial charge in [-0.15, -0.1) is 0 Å². The smallest absolute Gasteiger partial charge is 0.0480 e. The fourth-order valence-electron chi connectivity index (χ4n) is 2.68. The topological polar surface area (TPSA) is 15.3 Å². The van der Waals surface area contributed by atoms with Gasteiger partial charge in [0.15, 0.2) is 0 Å². The Labute approximate surface area is 112 Å². The minimum Gasteiger partial charge on any atom is -0.309 e. The average molecular weight is 248 g/mol. The standard InChI is InChI=1S/C16H28N2/c1-6-12-17-15(14-10-8-7-9-11-14)16(13(2)3)18(4)5/h7-11,13,15-17H,6,12H2,1-5H3. The van der Waals surface area contributed by atoms with Crippen molar-refractivity contribution in [3.63, 3.8) is 0 Å². The Morgan fingerprint density at radius 3 is 2.17 bits per heavy atom. The number of likely N-dealkylation sites (N-methyl/N-ethyl adjacent to an activating group) is 1. The average Bonchev–Trinajstić information content (AvgIpc) is 2.34. The summed E-state index contributed by atoms with van der Waals surface area (Å²) in [6.45, 7) is 7.88. The molecule has 2 atom stereocenters. The maximum absolute atomic E-state index is 3.71.